The molecule has 2 fully saturated rings. The molecule has 1 unspecified atom stereocenters. The fourth-order valence-corrected chi connectivity index (χ4v) is 7.99. The Kier molecular flexibility index (Phi) is 3.05. The maximum Gasteiger partial charge on any atom is 0.323 e. The van der Waals surface area contributed by atoms with Crippen LogP contribution in [0.1, 0.15) is 26.7 Å². The fourth-order valence-electron chi connectivity index (χ4n) is 2.06. The second-order valence-corrected chi connectivity index (χ2v) is 8.97. The number of rotatable bonds is 1. The van der Waals surface area contributed by atoms with Gasteiger partial charge in [0, 0.05) is 18.3 Å². The molecule has 0 aromatic heterocycles. The van der Waals surface area contributed by atoms with Crippen molar-refractivity contribution in [3.8, 4) is 0 Å². The van der Waals surface area contributed by atoms with Crippen molar-refractivity contribution in [3.63, 3.8) is 0 Å². The monoisotopic (exact) mass is 262 g/mol. The summed E-state index contributed by atoms with van der Waals surface area (Å²) in [5.74, 6) is 0.170. The van der Waals surface area contributed by atoms with E-state index in [0.717, 1.165) is 12.2 Å². The molecule has 2 saturated heterocycles. The molecule has 5 nitrogen and oxygen atoms in total. The lowest BCUT2D eigenvalue weighted by Crippen LogP contribution is -2.49. The number of carbonyl (C=O) groups is 2. The average Bonchev–Trinajstić information content (AvgIpc) is 2.15. The van der Waals surface area contributed by atoms with Crippen molar-refractivity contribution in [2.45, 2.75) is 32.7 Å². The zero-order valence-corrected chi connectivity index (χ0v) is 11.1. The summed E-state index contributed by atoms with van der Waals surface area (Å²) < 4.78 is 15.6. The maximum atomic E-state index is 12.8. The predicted octanol–water partition coefficient (Wildman–Crippen LogP) is 1.70. The summed E-state index contributed by atoms with van der Waals surface area (Å²) >= 11 is 1.26. The summed E-state index contributed by atoms with van der Waals surface area (Å²) in [6, 6.07) is -0.125. The Labute approximate surface area is 98.8 Å². The molecule has 0 aromatic rings. The van der Waals surface area contributed by atoms with Crippen LogP contribution < -0.4 is 0 Å². The topological polar surface area (TPSA) is 57.7 Å². The van der Waals surface area contributed by atoms with Crippen LogP contribution in [0.15, 0.2) is 0 Å². The molecule has 2 amide bonds. The zero-order valence-electron chi connectivity index (χ0n) is 9.38. The van der Waals surface area contributed by atoms with Crippen molar-refractivity contribution in [1.82, 2.24) is 9.34 Å². The normalized spacial score (nSPS) is 30.9. The molecule has 0 bridgehead atoms. The molecule has 0 N–H and O–H groups in total. The van der Waals surface area contributed by atoms with Crippen molar-refractivity contribution in [2.24, 2.45) is 0 Å². The van der Waals surface area contributed by atoms with Crippen LogP contribution >= 0.6 is 18.0 Å². The Morgan fingerprint density at radius 1 is 1.31 bits per heavy atom. The SMILES string of the molecule is CC(C)N1C(=O)CC(=O)N2CCCSP21=O. The molecular formula is C9H15N2O3PS. The quantitative estimate of drug-likeness (QED) is 0.533. The Balaban J connectivity index is 2.41. The first-order chi connectivity index (χ1) is 7.47. The van der Waals surface area contributed by atoms with Crippen molar-refractivity contribution >= 4 is 29.8 Å². The van der Waals surface area contributed by atoms with Crippen molar-refractivity contribution in [1.29, 1.82) is 0 Å². The van der Waals surface area contributed by atoms with E-state index in [4.69, 9.17) is 0 Å². The summed E-state index contributed by atoms with van der Waals surface area (Å²) in [5, 5.41) is 0. The van der Waals surface area contributed by atoms with Gasteiger partial charge in [-0.2, -0.15) is 0 Å². The number of hydrogen-bond acceptors (Lipinski definition) is 4. The Morgan fingerprint density at radius 3 is 2.62 bits per heavy atom. The van der Waals surface area contributed by atoms with E-state index in [1.807, 2.05) is 13.8 Å². The molecule has 2 aliphatic heterocycles. The molecule has 90 valence electrons. The van der Waals surface area contributed by atoms with E-state index < -0.39 is 6.65 Å². The van der Waals surface area contributed by atoms with Gasteiger partial charge in [0.05, 0.1) is 0 Å². The Hall–Kier alpha value is -0.480. The molecule has 0 aromatic carbocycles. The minimum Gasteiger partial charge on any atom is -0.274 e. The summed E-state index contributed by atoms with van der Waals surface area (Å²) in [4.78, 5) is 23.5. The number of nitrogens with zero attached hydrogens (tertiary/aromatic N) is 2. The molecule has 7 heteroatoms. The van der Waals surface area contributed by atoms with Gasteiger partial charge in [-0.05, 0) is 20.3 Å². The molecule has 0 saturated carbocycles. The third-order valence-electron chi connectivity index (χ3n) is 2.69. The van der Waals surface area contributed by atoms with E-state index in [9.17, 15) is 14.2 Å². The zero-order chi connectivity index (χ0) is 11.9. The van der Waals surface area contributed by atoms with Crippen molar-refractivity contribution in [2.75, 3.05) is 12.3 Å². The number of hydrogen-bond donors (Lipinski definition) is 0. The molecule has 0 aliphatic carbocycles. The van der Waals surface area contributed by atoms with Gasteiger partial charge in [-0.3, -0.25) is 23.5 Å². The molecule has 0 radical (unpaired) electrons. The van der Waals surface area contributed by atoms with Gasteiger partial charge in [0.1, 0.15) is 6.42 Å². The highest BCUT2D eigenvalue weighted by Crippen LogP contribution is 2.68. The number of carbonyl (C=O) groups excluding carboxylic acids is 2. The van der Waals surface area contributed by atoms with E-state index in [0.29, 0.717) is 6.54 Å². The summed E-state index contributed by atoms with van der Waals surface area (Å²) in [6.45, 7) is 1.17. The van der Waals surface area contributed by atoms with Crippen molar-refractivity contribution in [3.05, 3.63) is 0 Å². The molecule has 16 heavy (non-hydrogen) atoms. The largest absolute Gasteiger partial charge is 0.323 e. The average molecular weight is 262 g/mol. The third kappa shape index (κ3) is 1.68. The molecule has 2 rings (SSSR count). The standard InChI is InChI=1S/C9H15N2O3PS/c1-7(2)11-9(13)6-8(12)10-4-3-5-16-15(10,11)14/h7H,3-6H2,1-2H3. The Bertz CT molecular complexity index is 385. The van der Waals surface area contributed by atoms with Crippen LogP contribution in [0.3, 0.4) is 0 Å². The number of amides is 2. The summed E-state index contributed by atoms with van der Waals surface area (Å²) in [7, 11) is 0. The van der Waals surface area contributed by atoms with Gasteiger partial charge in [0.15, 0.2) is 0 Å². The van der Waals surface area contributed by atoms with Gasteiger partial charge in [-0.25, -0.2) is 0 Å². The smallest absolute Gasteiger partial charge is 0.274 e. The molecule has 2 heterocycles. The van der Waals surface area contributed by atoms with E-state index >= 15 is 0 Å². The lowest BCUT2D eigenvalue weighted by molar-refractivity contribution is -0.139. The minimum atomic E-state index is -3.01. The first-order valence-corrected chi connectivity index (χ1v) is 8.55. The van der Waals surface area contributed by atoms with Gasteiger partial charge >= 0.3 is 6.65 Å². The maximum absolute atomic E-state index is 12.8. The van der Waals surface area contributed by atoms with Crippen LogP contribution in [-0.2, 0) is 14.2 Å². The lowest BCUT2D eigenvalue weighted by Gasteiger charge is -2.45. The van der Waals surface area contributed by atoms with Crippen LogP contribution in [0.5, 0.6) is 0 Å². The van der Waals surface area contributed by atoms with E-state index in [1.165, 1.54) is 20.7 Å². The summed E-state index contributed by atoms with van der Waals surface area (Å²) in [5.41, 5.74) is 0. The summed E-state index contributed by atoms with van der Waals surface area (Å²) in [6.07, 6.45) is 0.712. The van der Waals surface area contributed by atoms with Crippen LogP contribution in [0.4, 0.5) is 0 Å². The van der Waals surface area contributed by atoms with Gasteiger partial charge in [0.2, 0.25) is 11.8 Å². The molecule has 1 atom stereocenters. The highest BCUT2D eigenvalue weighted by molar-refractivity contribution is 8.56. The minimum absolute atomic E-state index is 0.125. The van der Waals surface area contributed by atoms with Gasteiger partial charge in [-0.15, -0.1) is 0 Å². The fraction of sp³-hybridized carbons (Fsp3) is 0.778. The first-order valence-electron chi connectivity index (χ1n) is 5.35. The van der Waals surface area contributed by atoms with Crippen LogP contribution in [-0.4, -0.2) is 39.5 Å². The highest BCUT2D eigenvalue weighted by Gasteiger charge is 2.50. The highest BCUT2D eigenvalue weighted by atomic mass is 32.7. The Morgan fingerprint density at radius 2 is 2.00 bits per heavy atom. The second kappa shape index (κ2) is 4.08. The third-order valence-corrected chi connectivity index (χ3v) is 8.43. The first kappa shape index (κ1) is 12.0. The van der Waals surface area contributed by atoms with E-state index in [1.54, 1.807) is 0 Å². The molecule has 0 spiro atoms. The van der Waals surface area contributed by atoms with Crippen molar-refractivity contribution < 1.29 is 14.2 Å². The van der Waals surface area contributed by atoms with Crippen LogP contribution in [0, 0.1) is 0 Å². The predicted molar refractivity (Wildman–Crippen MR) is 63.0 cm³/mol. The van der Waals surface area contributed by atoms with E-state index in [2.05, 4.69) is 0 Å². The van der Waals surface area contributed by atoms with Gasteiger partial charge < -0.3 is 0 Å². The van der Waals surface area contributed by atoms with Crippen LogP contribution in [0.25, 0.3) is 0 Å². The molecular weight excluding hydrogens is 247 g/mol. The van der Waals surface area contributed by atoms with Gasteiger partial charge in [0.25, 0.3) is 0 Å². The lowest BCUT2D eigenvalue weighted by atomic mass is 10.3. The van der Waals surface area contributed by atoms with Gasteiger partial charge in [-0.1, -0.05) is 11.4 Å². The molecule has 2 aliphatic rings. The number of fused-ring (bicyclic) bond motifs is 1. The second-order valence-electron chi connectivity index (χ2n) is 4.20. The van der Waals surface area contributed by atoms with Crippen LogP contribution in [0.2, 0.25) is 0 Å². The van der Waals surface area contributed by atoms with E-state index in [-0.39, 0.29) is 24.3 Å².